The Morgan fingerprint density at radius 2 is 1.90 bits per heavy atom. The van der Waals surface area contributed by atoms with Crippen molar-refractivity contribution in [2.45, 2.75) is 0 Å². The Kier molecular flexibility index (Phi) is 2.61. The van der Waals surface area contributed by atoms with Crippen molar-refractivity contribution in [3.05, 3.63) is 59.9 Å². The van der Waals surface area contributed by atoms with Crippen LogP contribution in [0, 0.1) is 0 Å². The number of amides is 1. The molecule has 5 heteroatoms. The van der Waals surface area contributed by atoms with Crippen molar-refractivity contribution >= 4 is 28.6 Å². The van der Waals surface area contributed by atoms with Gasteiger partial charge in [0.1, 0.15) is 0 Å². The van der Waals surface area contributed by atoms with Crippen molar-refractivity contribution in [2.24, 2.45) is 5.73 Å². The first kappa shape index (κ1) is 12.1. The Labute approximate surface area is 114 Å². The Balaban J connectivity index is 2.11. The van der Waals surface area contributed by atoms with Gasteiger partial charge in [0.15, 0.2) is 11.6 Å². The van der Waals surface area contributed by atoms with Gasteiger partial charge in [0.25, 0.3) is 0 Å². The molecule has 20 heavy (non-hydrogen) atoms. The molecule has 3 rings (SSSR count). The molecule has 0 spiro atoms. The third kappa shape index (κ3) is 1.95. The topological polar surface area (TPSA) is 81.6 Å². The number of fused-ring (bicyclic) bond motifs is 1. The first-order valence-corrected chi connectivity index (χ1v) is 5.94. The van der Waals surface area contributed by atoms with E-state index in [0.29, 0.717) is 16.7 Å². The summed E-state index contributed by atoms with van der Waals surface area (Å²) in [6, 6.07) is 5.16. The minimum absolute atomic E-state index is 0.216. The second-order valence-electron chi connectivity index (χ2n) is 4.50. The molecule has 0 saturated carbocycles. The van der Waals surface area contributed by atoms with Crippen molar-refractivity contribution in [3.8, 4) is 0 Å². The van der Waals surface area contributed by atoms with E-state index < -0.39 is 5.91 Å². The van der Waals surface area contributed by atoms with Gasteiger partial charge in [-0.2, -0.15) is 0 Å². The van der Waals surface area contributed by atoms with E-state index in [1.165, 1.54) is 18.2 Å². The lowest BCUT2D eigenvalue weighted by molar-refractivity contribution is -0.113. The summed E-state index contributed by atoms with van der Waals surface area (Å²) >= 11 is 0. The molecular weight excluding hydrogens is 256 g/mol. The number of primary amides is 1. The van der Waals surface area contributed by atoms with E-state index in [-0.39, 0.29) is 11.6 Å². The van der Waals surface area contributed by atoms with Gasteiger partial charge in [-0.15, -0.1) is 0 Å². The summed E-state index contributed by atoms with van der Waals surface area (Å²) in [5, 5.41) is 0. The third-order valence-corrected chi connectivity index (χ3v) is 3.14. The lowest BCUT2D eigenvalue weighted by atomic mass is 9.97. The van der Waals surface area contributed by atoms with E-state index in [2.05, 4.69) is 0 Å². The highest BCUT2D eigenvalue weighted by molar-refractivity contribution is 6.33. The van der Waals surface area contributed by atoms with Crippen LogP contribution < -0.4 is 5.73 Å². The third-order valence-electron chi connectivity index (χ3n) is 3.14. The zero-order chi connectivity index (χ0) is 14.3. The fourth-order valence-corrected chi connectivity index (χ4v) is 2.14. The van der Waals surface area contributed by atoms with E-state index >= 15 is 0 Å². The Morgan fingerprint density at radius 1 is 1.10 bits per heavy atom. The van der Waals surface area contributed by atoms with Crippen LogP contribution >= 0.6 is 0 Å². The quantitative estimate of drug-likeness (QED) is 0.827. The van der Waals surface area contributed by atoms with Crippen LogP contribution in [0.3, 0.4) is 0 Å². The second kappa shape index (κ2) is 4.31. The average Bonchev–Trinajstić information content (AvgIpc) is 2.84. The van der Waals surface area contributed by atoms with Gasteiger partial charge >= 0.3 is 0 Å². The standard InChI is InChI=1S/C15H10N2O3/c16-15(20)10-5-11-2-1-9(7-17(11)8-10)13-6-12(18)3-4-14(13)19/h1-8H,(H2,16,20). The first-order chi connectivity index (χ1) is 9.54. The summed E-state index contributed by atoms with van der Waals surface area (Å²) in [6.07, 6.45) is 7.09. The molecular formula is C15H10N2O3. The van der Waals surface area contributed by atoms with Crippen LogP contribution in [-0.4, -0.2) is 21.9 Å². The van der Waals surface area contributed by atoms with Gasteiger partial charge in [-0.05, 0) is 30.4 Å². The molecule has 0 aromatic carbocycles. The zero-order valence-electron chi connectivity index (χ0n) is 10.4. The molecule has 0 saturated heterocycles. The molecule has 2 aromatic heterocycles. The van der Waals surface area contributed by atoms with Crippen LogP contribution in [0.4, 0.5) is 0 Å². The fourth-order valence-electron chi connectivity index (χ4n) is 2.14. The van der Waals surface area contributed by atoms with Gasteiger partial charge < -0.3 is 10.1 Å². The molecule has 0 bridgehead atoms. The van der Waals surface area contributed by atoms with Crippen molar-refractivity contribution in [1.82, 2.24) is 4.40 Å². The second-order valence-corrected chi connectivity index (χ2v) is 4.50. The van der Waals surface area contributed by atoms with Gasteiger partial charge in [-0.3, -0.25) is 14.4 Å². The number of hydrogen-bond acceptors (Lipinski definition) is 3. The highest BCUT2D eigenvalue weighted by Gasteiger charge is 2.16. The number of nitrogens with zero attached hydrogens (tertiary/aromatic N) is 1. The minimum atomic E-state index is -0.513. The maximum atomic E-state index is 11.8. The van der Waals surface area contributed by atoms with Gasteiger partial charge in [0, 0.05) is 29.0 Å². The molecule has 1 aliphatic rings. The first-order valence-electron chi connectivity index (χ1n) is 5.94. The average molecular weight is 266 g/mol. The molecule has 5 nitrogen and oxygen atoms in total. The van der Waals surface area contributed by atoms with Crippen LogP contribution in [-0.2, 0) is 9.59 Å². The highest BCUT2D eigenvalue weighted by atomic mass is 16.1. The van der Waals surface area contributed by atoms with Gasteiger partial charge in [-0.1, -0.05) is 6.07 Å². The normalized spacial score (nSPS) is 14.7. The predicted molar refractivity (Wildman–Crippen MR) is 73.0 cm³/mol. The number of ketones is 2. The Morgan fingerprint density at radius 3 is 2.65 bits per heavy atom. The maximum Gasteiger partial charge on any atom is 0.250 e. The largest absolute Gasteiger partial charge is 0.366 e. The van der Waals surface area contributed by atoms with Crippen LogP contribution in [0.25, 0.3) is 11.1 Å². The molecule has 2 heterocycles. The van der Waals surface area contributed by atoms with Crippen LogP contribution in [0.5, 0.6) is 0 Å². The smallest absolute Gasteiger partial charge is 0.250 e. The van der Waals surface area contributed by atoms with Crippen LogP contribution in [0.15, 0.2) is 48.8 Å². The lowest BCUT2D eigenvalue weighted by Gasteiger charge is -2.07. The summed E-state index contributed by atoms with van der Waals surface area (Å²) in [5.74, 6) is -0.947. The number of nitrogens with two attached hydrogens (primary N) is 1. The monoisotopic (exact) mass is 266 g/mol. The Hall–Kier alpha value is -2.95. The summed E-state index contributed by atoms with van der Waals surface area (Å²) < 4.78 is 1.70. The van der Waals surface area contributed by atoms with Crippen molar-refractivity contribution < 1.29 is 14.4 Å². The molecule has 0 fully saturated rings. The van der Waals surface area contributed by atoms with Crippen LogP contribution in [0.1, 0.15) is 15.9 Å². The minimum Gasteiger partial charge on any atom is -0.366 e. The molecule has 98 valence electrons. The van der Waals surface area contributed by atoms with Gasteiger partial charge in [-0.25, -0.2) is 0 Å². The summed E-state index contributed by atoms with van der Waals surface area (Å²) in [4.78, 5) is 34.3. The summed E-state index contributed by atoms with van der Waals surface area (Å²) in [5.41, 5.74) is 7.36. The van der Waals surface area contributed by atoms with Crippen LogP contribution in [0.2, 0.25) is 0 Å². The highest BCUT2D eigenvalue weighted by Crippen LogP contribution is 2.21. The zero-order valence-corrected chi connectivity index (χ0v) is 10.4. The number of carbonyl (C=O) groups is 3. The number of carbonyl (C=O) groups excluding carboxylic acids is 3. The molecule has 0 unspecified atom stereocenters. The van der Waals surface area contributed by atoms with Gasteiger partial charge in [0.05, 0.1) is 5.56 Å². The number of allylic oxidation sites excluding steroid dienone is 4. The summed E-state index contributed by atoms with van der Waals surface area (Å²) in [7, 11) is 0. The van der Waals surface area contributed by atoms with E-state index in [4.69, 9.17) is 5.73 Å². The molecule has 1 aliphatic carbocycles. The number of pyridine rings is 1. The van der Waals surface area contributed by atoms with Crippen molar-refractivity contribution in [2.75, 3.05) is 0 Å². The maximum absolute atomic E-state index is 11.8. The van der Waals surface area contributed by atoms with E-state index in [1.807, 2.05) is 0 Å². The molecule has 1 amide bonds. The number of hydrogen-bond donors (Lipinski definition) is 1. The molecule has 0 atom stereocenters. The fraction of sp³-hybridized carbons (Fsp3) is 0. The summed E-state index contributed by atoms with van der Waals surface area (Å²) in [6.45, 7) is 0. The number of aromatic nitrogens is 1. The van der Waals surface area contributed by atoms with E-state index in [0.717, 1.165) is 5.52 Å². The molecule has 2 N–H and O–H groups in total. The lowest BCUT2D eigenvalue weighted by Crippen LogP contribution is -2.09. The molecule has 0 radical (unpaired) electrons. The number of rotatable bonds is 2. The van der Waals surface area contributed by atoms with E-state index in [9.17, 15) is 14.4 Å². The Bertz CT molecular complexity index is 825. The van der Waals surface area contributed by atoms with Gasteiger partial charge in [0.2, 0.25) is 5.91 Å². The molecule has 2 aromatic rings. The van der Waals surface area contributed by atoms with E-state index in [1.54, 1.807) is 35.0 Å². The van der Waals surface area contributed by atoms with Crippen molar-refractivity contribution in [3.63, 3.8) is 0 Å². The SMILES string of the molecule is NC(=O)c1cc2ccc(C3=CC(=O)C=CC3=O)cn2c1. The predicted octanol–water partition coefficient (Wildman–Crippen LogP) is 1.13. The molecule has 0 aliphatic heterocycles. The van der Waals surface area contributed by atoms with Crippen molar-refractivity contribution in [1.29, 1.82) is 0 Å².